The van der Waals surface area contributed by atoms with Gasteiger partial charge in [-0.2, -0.15) is 5.10 Å². The molecule has 214 valence electrons. The minimum atomic E-state index is -2.72. The van der Waals surface area contributed by atoms with E-state index >= 15 is 0 Å². The number of hydrogen-bond acceptors (Lipinski definition) is 5. The fourth-order valence-corrected chi connectivity index (χ4v) is 3.42. The summed E-state index contributed by atoms with van der Waals surface area (Å²) in [7, 11) is 0. The highest BCUT2D eigenvalue weighted by Crippen LogP contribution is 2.27. The summed E-state index contributed by atoms with van der Waals surface area (Å²) >= 11 is 4.40. The quantitative estimate of drug-likeness (QED) is 0.123. The zero-order valence-electron chi connectivity index (χ0n) is 24.0. The summed E-state index contributed by atoms with van der Waals surface area (Å²) in [6.07, 6.45) is 6.59. The molecule has 0 unspecified atom stereocenters. The highest BCUT2D eigenvalue weighted by atomic mass is 32.1. The van der Waals surface area contributed by atoms with Gasteiger partial charge in [-0.25, -0.2) is 13.5 Å². The lowest BCUT2D eigenvalue weighted by atomic mass is 10.1. The van der Waals surface area contributed by atoms with Crippen molar-refractivity contribution in [3.8, 4) is 5.75 Å². The number of alkyl halides is 2. The summed E-state index contributed by atoms with van der Waals surface area (Å²) in [6, 6.07) is 14.0. The van der Waals surface area contributed by atoms with Gasteiger partial charge in [0.1, 0.15) is 11.6 Å². The van der Waals surface area contributed by atoms with Crippen LogP contribution in [0.4, 0.5) is 8.78 Å². The van der Waals surface area contributed by atoms with E-state index in [1.54, 1.807) is 30.5 Å². The van der Waals surface area contributed by atoms with Gasteiger partial charge in [-0.1, -0.05) is 77.1 Å². The molecule has 3 rings (SSSR count). The Balaban J connectivity index is 0.000000396. The molecule has 0 bridgehead atoms. The number of hydrogen-bond donors (Lipinski definition) is 4. The van der Waals surface area contributed by atoms with Gasteiger partial charge in [0, 0.05) is 29.5 Å². The number of para-hydroxylation sites is 1. The molecule has 0 aliphatic carbocycles. The monoisotopic (exact) mass is 558 g/mol. The number of benzene rings is 2. The average molecular weight is 559 g/mol. The molecule has 0 aliphatic rings. The summed E-state index contributed by atoms with van der Waals surface area (Å²) in [4.78, 5) is 0.835. The highest BCUT2D eigenvalue weighted by Gasteiger charge is 2.23. The predicted molar refractivity (Wildman–Crippen MR) is 163 cm³/mol. The van der Waals surface area contributed by atoms with Gasteiger partial charge >= 0.3 is 0 Å². The van der Waals surface area contributed by atoms with Crippen molar-refractivity contribution in [2.24, 2.45) is 5.73 Å². The van der Waals surface area contributed by atoms with Crippen LogP contribution in [0.3, 0.4) is 0 Å². The van der Waals surface area contributed by atoms with Crippen molar-refractivity contribution in [3.63, 3.8) is 0 Å². The van der Waals surface area contributed by atoms with E-state index in [2.05, 4.69) is 36.5 Å². The third-order valence-electron chi connectivity index (χ3n) is 5.45. The number of nitrogens with one attached hydrogen (secondary N) is 1. The maximum Gasteiger partial charge on any atom is 0.270 e. The number of halogens is 2. The highest BCUT2D eigenvalue weighted by molar-refractivity contribution is 7.80. The first kappa shape index (κ1) is 33.9. The van der Waals surface area contributed by atoms with E-state index in [1.807, 2.05) is 56.7 Å². The molecule has 8 heteroatoms. The SMILES string of the molecule is C=C(/C=C(/NCCCC)n1ncc(S)c1C)c1ccccc1O.CC(C)N.CCc1cccc(C(C)(F)F)c1. The molecule has 39 heavy (non-hydrogen) atoms. The summed E-state index contributed by atoms with van der Waals surface area (Å²) in [6.45, 7) is 15.8. The third kappa shape index (κ3) is 12.1. The Labute approximate surface area is 238 Å². The van der Waals surface area contributed by atoms with Gasteiger partial charge in [0.15, 0.2) is 0 Å². The largest absolute Gasteiger partial charge is 0.507 e. The molecule has 1 aromatic heterocycles. The van der Waals surface area contributed by atoms with Crippen molar-refractivity contribution in [3.05, 3.63) is 89.8 Å². The maximum atomic E-state index is 12.8. The van der Waals surface area contributed by atoms with Crippen LogP contribution in [0.2, 0.25) is 0 Å². The van der Waals surface area contributed by atoms with Crippen LogP contribution >= 0.6 is 12.6 Å². The second kappa shape index (κ2) is 16.8. The van der Waals surface area contributed by atoms with Crippen molar-refractivity contribution in [1.29, 1.82) is 0 Å². The van der Waals surface area contributed by atoms with E-state index in [-0.39, 0.29) is 11.3 Å². The zero-order chi connectivity index (χ0) is 29.6. The normalized spacial score (nSPS) is 11.3. The molecule has 4 N–H and O–H groups in total. The lowest BCUT2D eigenvalue weighted by Crippen LogP contribution is -2.20. The molecule has 0 saturated carbocycles. The number of thiol groups is 1. The molecular weight excluding hydrogens is 514 g/mol. The number of phenols is 1. The van der Waals surface area contributed by atoms with E-state index in [4.69, 9.17) is 5.73 Å². The second-order valence-corrected chi connectivity index (χ2v) is 10.0. The number of aromatic nitrogens is 2. The van der Waals surface area contributed by atoms with Gasteiger partial charge in [-0.15, -0.1) is 12.6 Å². The number of unbranched alkanes of at least 4 members (excludes halogenated alkanes) is 1. The van der Waals surface area contributed by atoms with Crippen LogP contribution in [0.25, 0.3) is 11.4 Å². The summed E-state index contributed by atoms with van der Waals surface area (Å²) in [5.74, 6) is -1.68. The van der Waals surface area contributed by atoms with Crippen LogP contribution in [-0.2, 0) is 12.3 Å². The first-order chi connectivity index (χ1) is 18.3. The molecule has 0 aliphatic heterocycles. The van der Waals surface area contributed by atoms with E-state index < -0.39 is 5.92 Å². The van der Waals surface area contributed by atoms with E-state index in [0.717, 1.165) is 60.3 Å². The third-order valence-corrected chi connectivity index (χ3v) is 5.89. The van der Waals surface area contributed by atoms with Crippen LogP contribution in [0, 0.1) is 6.92 Å². The molecule has 0 saturated heterocycles. The fraction of sp³-hybridized carbons (Fsp3) is 0.387. The lowest BCUT2D eigenvalue weighted by molar-refractivity contribution is 0.0174. The fourth-order valence-electron chi connectivity index (χ4n) is 3.28. The first-order valence-corrected chi connectivity index (χ1v) is 13.7. The minimum Gasteiger partial charge on any atom is -0.507 e. The Morgan fingerprint density at radius 3 is 2.36 bits per heavy atom. The number of nitrogens with zero attached hydrogens (tertiary/aromatic N) is 2. The van der Waals surface area contributed by atoms with Crippen LogP contribution in [-0.4, -0.2) is 27.5 Å². The number of nitrogens with two attached hydrogens (primary N) is 1. The molecule has 5 nitrogen and oxygen atoms in total. The van der Waals surface area contributed by atoms with Crippen LogP contribution in [0.15, 0.2) is 72.3 Å². The van der Waals surface area contributed by atoms with E-state index in [0.29, 0.717) is 11.6 Å². The van der Waals surface area contributed by atoms with Gasteiger partial charge in [0.25, 0.3) is 5.92 Å². The van der Waals surface area contributed by atoms with E-state index in [1.165, 1.54) is 6.07 Å². The molecule has 2 aromatic carbocycles. The summed E-state index contributed by atoms with van der Waals surface area (Å²) in [5.41, 5.74) is 8.54. The smallest absolute Gasteiger partial charge is 0.270 e. The molecule has 0 radical (unpaired) electrons. The Kier molecular flexibility index (Phi) is 14.6. The molecule has 1 heterocycles. The number of aryl methyl sites for hydroxylation is 1. The molecule has 0 fully saturated rings. The summed E-state index contributed by atoms with van der Waals surface area (Å²) in [5, 5.41) is 17.8. The van der Waals surface area contributed by atoms with Gasteiger partial charge < -0.3 is 16.2 Å². The van der Waals surface area contributed by atoms with Gasteiger partial charge in [-0.3, -0.25) is 0 Å². The Morgan fingerprint density at radius 1 is 1.21 bits per heavy atom. The van der Waals surface area contributed by atoms with Crippen molar-refractivity contribution in [1.82, 2.24) is 15.1 Å². The summed E-state index contributed by atoms with van der Waals surface area (Å²) < 4.78 is 27.4. The standard InChI is InChI=1S/C18H23N3OS.C10H12F2.C3H9N/c1-4-5-10-19-18(21-14(3)17(23)12-20-21)11-13(2)15-8-6-7-9-16(15)22;1-3-8-5-4-6-9(7-8)10(2,11)12;1-3(2)4/h6-9,11-12,19,22-23H,2,4-5,10H2,1,3H3;4-7H,3H2,1-2H3;3H,4H2,1-2H3/b18-11-;;. The number of allylic oxidation sites excluding steroid dienone is 2. The Bertz CT molecular complexity index is 1200. The van der Waals surface area contributed by atoms with Crippen LogP contribution in [0.5, 0.6) is 5.75 Å². The number of rotatable bonds is 9. The predicted octanol–water partition coefficient (Wildman–Crippen LogP) is 7.80. The van der Waals surface area contributed by atoms with Crippen molar-refractivity contribution in [2.45, 2.75) is 77.7 Å². The van der Waals surface area contributed by atoms with Gasteiger partial charge in [0.2, 0.25) is 0 Å². The molecule has 0 amide bonds. The lowest BCUT2D eigenvalue weighted by Gasteiger charge is -2.14. The second-order valence-electron chi connectivity index (χ2n) is 9.57. The Morgan fingerprint density at radius 2 is 1.85 bits per heavy atom. The minimum absolute atomic E-state index is 0.0989. The molecule has 3 aromatic rings. The topological polar surface area (TPSA) is 76.1 Å². The molecule has 0 spiro atoms. The maximum absolute atomic E-state index is 12.8. The van der Waals surface area contributed by atoms with Crippen LogP contribution in [0.1, 0.15) is 69.8 Å². The number of phenolic OH excluding ortho intramolecular Hbond substituents is 1. The van der Waals surface area contributed by atoms with Crippen LogP contribution < -0.4 is 11.1 Å². The van der Waals surface area contributed by atoms with Gasteiger partial charge in [-0.05, 0) is 55.2 Å². The molecular formula is C31H44F2N4OS. The Hall–Kier alpha value is -3.10. The van der Waals surface area contributed by atoms with Crippen molar-refractivity contribution in [2.75, 3.05) is 6.54 Å². The number of aromatic hydroxyl groups is 1. The van der Waals surface area contributed by atoms with Crippen molar-refractivity contribution >= 4 is 24.0 Å². The van der Waals surface area contributed by atoms with Gasteiger partial charge in [0.05, 0.1) is 11.9 Å². The first-order valence-electron chi connectivity index (χ1n) is 13.2. The van der Waals surface area contributed by atoms with E-state index in [9.17, 15) is 13.9 Å². The average Bonchev–Trinajstić information content (AvgIpc) is 3.21. The zero-order valence-corrected chi connectivity index (χ0v) is 24.9. The molecule has 0 atom stereocenters. The van der Waals surface area contributed by atoms with Crippen molar-refractivity contribution < 1.29 is 13.9 Å².